The van der Waals surface area contributed by atoms with E-state index in [1.54, 1.807) is 34.6 Å². The molecule has 12 heteroatoms. The molecule has 1 aliphatic rings. The molecule has 0 radical (unpaired) electrons. The van der Waals surface area contributed by atoms with Crippen molar-refractivity contribution in [1.82, 2.24) is 24.4 Å². The number of aryl methyl sites for hydroxylation is 1. The normalized spacial score (nSPS) is 16.8. The molecule has 4 rings (SSSR count). The van der Waals surface area contributed by atoms with Crippen LogP contribution in [0.25, 0.3) is 10.9 Å². The van der Waals surface area contributed by atoms with Gasteiger partial charge in [-0.15, -0.1) is 0 Å². The Bertz CT molecular complexity index is 1510. The molecule has 1 amide bonds. The fourth-order valence-electron chi connectivity index (χ4n) is 4.83. The van der Waals surface area contributed by atoms with Gasteiger partial charge in [-0.2, -0.15) is 10.2 Å². The number of amides is 1. The van der Waals surface area contributed by atoms with Crippen LogP contribution in [0.15, 0.2) is 23.0 Å². The van der Waals surface area contributed by atoms with Gasteiger partial charge in [-0.05, 0) is 66.0 Å². The number of nitrogens with two attached hydrogens (primary N) is 1. The number of nitriles is 1. The van der Waals surface area contributed by atoms with Crippen LogP contribution >= 0.6 is 11.6 Å². The molecule has 0 saturated carbocycles. The average molecular weight is 553 g/mol. The van der Waals surface area contributed by atoms with E-state index in [0.717, 1.165) is 0 Å². The van der Waals surface area contributed by atoms with E-state index in [1.807, 2.05) is 27.7 Å². The minimum Gasteiger partial charge on any atom is -0.444 e. The van der Waals surface area contributed by atoms with Gasteiger partial charge in [0.1, 0.15) is 28.9 Å². The zero-order chi connectivity index (χ0) is 28.5. The molecule has 39 heavy (non-hydrogen) atoms. The van der Waals surface area contributed by atoms with Gasteiger partial charge >= 0.3 is 6.09 Å². The maximum atomic E-state index is 14.0. The van der Waals surface area contributed by atoms with Crippen LogP contribution in [0, 0.1) is 18.3 Å². The SMILES string of the molecule is Cc1nc(N)nc(N[C@@H](C)c2nc3cccc(Cl)c3c(=O)n2C2CCCN(C(=O)OC(C)(C)C)CC2)c1C#N. The van der Waals surface area contributed by atoms with Crippen molar-refractivity contribution in [2.75, 3.05) is 24.1 Å². The number of hydrogen-bond acceptors (Lipinski definition) is 9. The summed E-state index contributed by atoms with van der Waals surface area (Å²) in [5.41, 5.74) is 6.17. The van der Waals surface area contributed by atoms with Gasteiger partial charge in [-0.1, -0.05) is 17.7 Å². The third kappa shape index (κ3) is 6.06. The number of ether oxygens (including phenoxy) is 1. The van der Waals surface area contributed by atoms with Gasteiger partial charge in [0.2, 0.25) is 5.95 Å². The Morgan fingerprint density at radius 3 is 2.69 bits per heavy atom. The molecule has 1 aromatic carbocycles. The van der Waals surface area contributed by atoms with Crippen LogP contribution in [0.4, 0.5) is 16.6 Å². The van der Waals surface area contributed by atoms with Gasteiger partial charge in [0.25, 0.3) is 5.56 Å². The number of likely N-dealkylation sites (tertiary alicyclic amines) is 1. The number of rotatable bonds is 4. The van der Waals surface area contributed by atoms with E-state index in [0.29, 0.717) is 59.8 Å². The summed E-state index contributed by atoms with van der Waals surface area (Å²) in [6.07, 6.45) is 1.49. The van der Waals surface area contributed by atoms with E-state index in [1.165, 1.54) is 0 Å². The molecule has 1 saturated heterocycles. The minimum absolute atomic E-state index is 0.0304. The first-order valence-electron chi connectivity index (χ1n) is 12.9. The molecule has 3 aromatic rings. The van der Waals surface area contributed by atoms with E-state index < -0.39 is 11.6 Å². The predicted octanol–water partition coefficient (Wildman–Crippen LogP) is 4.74. The van der Waals surface area contributed by atoms with Crippen molar-refractivity contribution in [2.45, 2.75) is 71.6 Å². The number of nitrogen functional groups attached to an aromatic ring is 1. The Kier molecular flexibility index (Phi) is 7.97. The van der Waals surface area contributed by atoms with Gasteiger partial charge in [0.15, 0.2) is 0 Å². The number of carbonyl (C=O) groups excluding carboxylic acids is 1. The van der Waals surface area contributed by atoms with Crippen LogP contribution in [0.2, 0.25) is 5.02 Å². The van der Waals surface area contributed by atoms with Crippen LogP contribution in [0.5, 0.6) is 0 Å². The van der Waals surface area contributed by atoms with Gasteiger partial charge in [-0.25, -0.2) is 14.8 Å². The van der Waals surface area contributed by atoms with Gasteiger partial charge in [0.05, 0.1) is 27.7 Å². The molecule has 2 aromatic heterocycles. The number of hydrogen-bond donors (Lipinski definition) is 2. The Hall–Kier alpha value is -3.91. The summed E-state index contributed by atoms with van der Waals surface area (Å²) in [5.74, 6) is 0.756. The number of aromatic nitrogens is 4. The van der Waals surface area contributed by atoms with Crippen molar-refractivity contribution in [3.63, 3.8) is 0 Å². The molecule has 206 valence electrons. The molecular formula is C27H33ClN8O3. The maximum absolute atomic E-state index is 14.0. The van der Waals surface area contributed by atoms with Crippen LogP contribution < -0.4 is 16.6 Å². The standard InChI is InChI=1S/C27H33ClN8O3/c1-15-18(14-29)22(34-25(30)32-15)31-16(2)23-33-20-10-6-9-19(28)21(20)24(37)36(23)17-8-7-12-35(13-11-17)26(38)39-27(3,4)5/h6,9-10,16-17H,7-8,11-13H2,1-5H3,(H3,30,31,32,34)/t16-,17?/m0/s1. The third-order valence-electron chi connectivity index (χ3n) is 6.58. The number of fused-ring (bicyclic) bond motifs is 1. The molecule has 0 bridgehead atoms. The Morgan fingerprint density at radius 2 is 2.00 bits per heavy atom. The number of halogens is 1. The van der Waals surface area contributed by atoms with E-state index in [-0.39, 0.29) is 35.0 Å². The van der Waals surface area contributed by atoms with Gasteiger partial charge < -0.3 is 20.7 Å². The Morgan fingerprint density at radius 1 is 1.26 bits per heavy atom. The van der Waals surface area contributed by atoms with Crippen molar-refractivity contribution in [3.8, 4) is 6.07 Å². The van der Waals surface area contributed by atoms with Crippen molar-refractivity contribution in [3.05, 3.63) is 50.7 Å². The quantitative estimate of drug-likeness (QED) is 0.467. The largest absolute Gasteiger partial charge is 0.444 e. The summed E-state index contributed by atoms with van der Waals surface area (Å²) < 4.78 is 7.24. The van der Waals surface area contributed by atoms with E-state index in [4.69, 9.17) is 27.1 Å². The molecular weight excluding hydrogens is 520 g/mol. The smallest absolute Gasteiger partial charge is 0.410 e. The van der Waals surface area contributed by atoms with E-state index >= 15 is 0 Å². The first-order chi connectivity index (χ1) is 18.4. The monoisotopic (exact) mass is 552 g/mol. The molecule has 0 spiro atoms. The number of benzene rings is 1. The Balaban J connectivity index is 1.76. The second kappa shape index (κ2) is 11.1. The number of carbonyl (C=O) groups is 1. The summed E-state index contributed by atoms with van der Waals surface area (Å²) >= 11 is 6.46. The molecule has 3 heterocycles. The molecule has 1 fully saturated rings. The number of nitrogens with one attached hydrogen (secondary N) is 1. The van der Waals surface area contributed by atoms with Gasteiger partial charge in [0, 0.05) is 19.1 Å². The van der Waals surface area contributed by atoms with E-state index in [9.17, 15) is 14.9 Å². The van der Waals surface area contributed by atoms with Crippen molar-refractivity contribution >= 4 is 40.4 Å². The van der Waals surface area contributed by atoms with Crippen molar-refractivity contribution in [2.24, 2.45) is 0 Å². The van der Waals surface area contributed by atoms with Crippen molar-refractivity contribution < 1.29 is 9.53 Å². The van der Waals surface area contributed by atoms with Crippen LogP contribution in [-0.4, -0.2) is 49.2 Å². The zero-order valence-corrected chi connectivity index (χ0v) is 23.5. The highest BCUT2D eigenvalue weighted by Gasteiger charge is 2.29. The highest BCUT2D eigenvalue weighted by Crippen LogP contribution is 2.30. The molecule has 3 N–H and O–H groups in total. The third-order valence-corrected chi connectivity index (χ3v) is 6.90. The van der Waals surface area contributed by atoms with Gasteiger partial charge in [-0.3, -0.25) is 9.36 Å². The highest BCUT2D eigenvalue weighted by molar-refractivity contribution is 6.35. The lowest BCUT2D eigenvalue weighted by Gasteiger charge is -2.27. The molecule has 2 atom stereocenters. The second-order valence-corrected chi connectivity index (χ2v) is 11.1. The topological polar surface area (TPSA) is 152 Å². The summed E-state index contributed by atoms with van der Waals surface area (Å²) in [6.45, 7) is 9.97. The fourth-order valence-corrected chi connectivity index (χ4v) is 5.08. The summed E-state index contributed by atoms with van der Waals surface area (Å²) in [4.78, 5) is 41.6. The first kappa shape index (κ1) is 28.1. The zero-order valence-electron chi connectivity index (χ0n) is 22.8. The second-order valence-electron chi connectivity index (χ2n) is 10.7. The van der Waals surface area contributed by atoms with E-state index in [2.05, 4.69) is 21.4 Å². The average Bonchev–Trinajstić information content (AvgIpc) is 3.09. The minimum atomic E-state index is -0.599. The molecule has 1 aliphatic heterocycles. The summed E-state index contributed by atoms with van der Waals surface area (Å²) in [7, 11) is 0. The Labute approximate surface area is 232 Å². The maximum Gasteiger partial charge on any atom is 0.410 e. The molecule has 11 nitrogen and oxygen atoms in total. The molecule has 1 unspecified atom stereocenters. The van der Waals surface area contributed by atoms with Crippen LogP contribution in [-0.2, 0) is 4.74 Å². The lowest BCUT2D eigenvalue weighted by molar-refractivity contribution is 0.0255. The highest BCUT2D eigenvalue weighted by atomic mass is 35.5. The lowest BCUT2D eigenvalue weighted by Crippen LogP contribution is -2.37. The van der Waals surface area contributed by atoms with Crippen molar-refractivity contribution in [1.29, 1.82) is 5.26 Å². The number of nitrogens with zero attached hydrogens (tertiary/aromatic N) is 6. The lowest BCUT2D eigenvalue weighted by atomic mass is 10.1. The predicted molar refractivity (Wildman–Crippen MR) is 150 cm³/mol. The summed E-state index contributed by atoms with van der Waals surface area (Å²) in [6, 6.07) is 6.49. The molecule has 0 aliphatic carbocycles. The first-order valence-corrected chi connectivity index (χ1v) is 13.3. The summed E-state index contributed by atoms with van der Waals surface area (Å²) in [5, 5.41) is 13.6. The number of anilines is 2. The fraction of sp³-hybridized carbons (Fsp3) is 0.481. The van der Waals surface area contributed by atoms with Crippen LogP contribution in [0.3, 0.4) is 0 Å². The van der Waals surface area contributed by atoms with Crippen LogP contribution in [0.1, 0.15) is 76.1 Å².